The number of anilines is 1. The number of hydrogen-bond donors (Lipinski definition) is 1. The summed E-state index contributed by atoms with van der Waals surface area (Å²) in [4.78, 5) is 26.1. The fourth-order valence-corrected chi connectivity index (χ4v) is 2.68. The second-order valence-corrected chi connectivity index (χ2v) is 6.06. The predicted octanol–water partition coefficient (Wildman–Crippen LogP) is 3.75. The average molecular weight is 360 g/mol. The Morgan fingerprint density at radius 1 is 1.08 bits per heavy atom. The van der Waals surface area contributed by atoms with Crippen LogP contribution in [-0.2, 0) is 4.79 Å². The largest absolute Gasteiger partial charge is 0.351 e. The van der Waals surface area contributed by atoms with Crippen LogP contribution in [0, 0.1) is 25.5 Å². The van der Waals surface area contributed by atoms with Gasteiger partial charge in [0, 0.05) is 31.3 Å². The normalized spacial score (nSPS) is 10.5. The molecule has 0 saturated heterocycles. The molecule has 0 radical (unpaired) electrons. The predicted molar refractivity (Wildman–Crippen MR) is 97.3 cm³/mol. The smallest absolute Gasteiger partial charge is 0.254 e. The second kappa shape index (κ2) is 8.56. The highest BCUT2D eigenvalue weighted by molar-refractivity contribution is 5.96. The van der Waals surface area contributed by atoms with Gasteiger partial charge in [0.2, 0.25) is 5.91 Å². The van der Waals surface area contributed by atoms with Crippen LogP contribution < -0.4 is 10.2 Å². The summed E-state index contributed by atoms with van der Waals surface area (Å²) in [5.41, 5.74) is 2.63. The Kier molecular flexibility index (Phi) is 6.44. The molecule has 138 valence electrons. The Hall–Kier alpha value is -2.76. The number of amides is 2. The van der Waals surface area contributed by atoms with Crippen molar-refractivity contribution >= 4 is 17.5 Å². The molecule has 26 heavy (non-hydrogen) atoms. The van der Waals surface area contributed by atoms with Crippen molar-refractivity contribution < 1.29 is 18.4 Å². The van der Waals surface area contributed by atoms with Gasteiger partial charge < -0.3 is 10.2 Å². The van der Waals surface area contributed by atoms with Gasteiger partial charge in [0.1, 0.15) is 11.6 Å². The zero-order chi connectivity index (χ0) is 19.3. The van der Waals surface area contributed by atoms with Crippen LogP contribution in [0.25, 0.3) is 0 Å². The van der Waals surface area contributed by atoms with Gasteiger partial charge in [-0.25, -0.2) is 8.78 Å². The third kappa shape index (κ3) is 4.65. The summed E-state index contributed by atoms with van der Waals surface area (Å²) < 4.78 is 26.5. The molecule has 0 bridgehead atoms. The van der Waals surface area contributed by atoms with Crippen LogP contribution in [0.3, 0.4) is 0 Å². The Morgan fingerprint density at radius 2 is 1.81 bits per heavy atom. The number of carbonyl (C=O) groups is 2. The summed E-state index contributed by atoms with van der Waals surface area (Å²) in [6, 6.07) is 8.63. The van der Waals surface area contributed by atoms with Gasteiger partial charge in [-0.15, -0.1) is 0 Å². The molecular formula is C20H22F2N2O2. The van der Waals surface area contributed by atoms with Crippen molar-refractivity contribution in [1.82, 2.24) is 5.32 Å². The summed E-state index contributed by atoms with van der Waals surface area (Å²) in [6.45, 7) is 6.34. The molecule has 0 unspecified atom stereocenters. The first-order valence-corrected chi connectivity index (χ1v) is 8.44. The summed E-state index contributed by atoms with van der Waals surface area (Å²) >= 11 is 0. The van der Waals surface area contributed by atoms with E-state index in [4.69, 9.17) is 0 Å². The summed E-state index contributed by atoms with van der Waals surface area (Å²) in [5, 5.41) is 2.50. The van der Waals surface area contributed by atoms with E-state index in [1.165, 1.54) is 0 Å². The van der Waals surface area contributed by atoms with Crippen molar-refractivity contribution in [3.8, 4) is 0 Å². The van der Waals surface area contributed by atoms with Crippen molar-refractivity contribution in [3.05, 3.63) is 64.7 Å². The third-order valence-electron chi connectivity index (χ3n) is 4.07. The molecule has 0 spiro atoms. The van der Waals surface area contributed by atoms with Crippen LogP contribution in [0.5, 0.6) is 0 Å². The first-order chi connectivity index (χ1) is 12.3. The Morgan fingerprint density at radius 3 is 2.46 bits per heavy atom. The van der Waals surface area contributed by atoms with E-state index in [1.807, 2.05) is 39.0 Å². The van der Waals surface area contributed by atoms with Gasteiger partial charge in [-0.1, -0.05) is 12.1 Å². The molecule has 0 aliphatic rings. The fourth-order valence-electron chi connectivity index (χ4n) is 2.68. The molecule has 0 aromatic heterocycles. The first-order valence-electron chi connectivity index (χ1n) is 8.44. The molecule has 0 atom stereocenters. The van der Waals surface area contributed by atoms with E-state index in [2.05, 4.69) is 5.32 Å². The molecule has 4 nitrogen and oxygen atoms in total. The Bertz CT molecular complexity index is 821. The lowest BCUT2D eigenvalue weighted by Crippen LogP contribution is -2.35. The summed E-state index contributed by atoms with van der Waals surface area (Å²) in [6.07, 6.45) is 0.0791. The van der Waals surface area contributed by atoms with Gasteiger partial charge >= 0.3 is 0 Å². The maximum absolute atomic E-state index is 13.6. The molecule has 2 amide bonds. The Balaban J connectivity index is 1.98. The van der Waals surface area contributed by atoms with Crippen LogP contribution in [0.1, 0.15) is 34.8 Å². The number of aryl methyl sites for hydroxylation is 2. The highest BCUT2D eigenvalue weighted by atomic mass is 19.1. The zero-order valence-corrected chi connectivity index (χ0v) is 15.1. The number of rotatable bonds is 6. The minimum Gasteiger partial charge on any atom is -0.351 e. The third-order valence-corrected chi connectivity index (χ3v) is 4.07. The van der Waals surface area contributed by atoms with E-state index < -0.39 is 17.5 Å². The average Bonchev–Trinajstić information content (AvgIpc) is 2.58. The van der Waals surface area contributed by atoms with Gasteiger partial charge in [0.15, 0.2) is 0 Å². The number of nitrogens with one attached hydrogen (secondary N) is 1. The lowest BCUT2D eigenvalue weighted by molar-refractivity contribution is -0.118. The highest BCUT2D eigenvalue weighted by Gasteiger charge is 2.17. The van der Waals surface area contributed by atoms with Gasteiger partial charge in [-0.3, -0.25) is 9.59 Å². The van der Waals surface area contributed by atoms with Crippen molar-refractivity contribution in [3.63, 3.8) is 0 Å². The van der Waals surface area contributed by atoms with Crippen molar-refractivity contribution in [1.29, 1.82) is 0 Å². The Labute approximate surface area is 151 Å². The minimum atomic E-state index is -0.931. The molecule has 1 N–H and O–H groups in total. The van der Waals surface area contributed by atoms with Crippen molar-refractivity contribution in [2.45, 2.75) is 27.2 Å². The van der Waals surface area contributed by atoms with Gasteiger partial charge in [0.25, 0.3) is 5.91 Å². The molecule has 2 rings (SSSR count). The van der Waals surface area contributed by atoms with E-state index in [0.29, 0.717) is 12.6 Å². The quantitative estimate of drug-likeness (QED) is 0.853. The minimum absolute atomic E-state index is 0.0653. The molecule has 0 aliphatic carbocycles. The van der Waals surface area contributed by atoms with Gasteiger partial charge in [-0.05, 0) is 50.1 Å². The van der Waals surface area contributed by atoms with E-state index in [0.717, 1.165) is 28.9 Å². The van der Waals surface area contributed by atoms with Gasteiger partial charge in [0.05, 0.1) is 5.56 Å². The van der Waals surface area contributed by atoms with Crippen LogP contribution in [-0.4, -0.2) is 24.9 Å². The number of carbonyl (C=O) groups excluding carboxylic acids is 2. The monoisotopic (exact) mass is 360 g/mol. The van der Waals surface area contributed by atoms with E-state index in [-0.39, 0.29) is 24.4 Å². The number of nitrogens with zero attached hydrogens (tertiary/aromatic N) is 1. The lowest BCUT2D eigenvalue weighted by atomic mass is 10.1. The van der Waals surface area contributed by atoms with E-state index in [9.17, 15) is 18.4 Å². The van der Waals surface area contributed by atoms with Gasteiger partial charge in [-0.2, -0.15) is 0 Å². The summed E-state index contributed by atoms with van der Waals surface area (Å²) in [7, 11) is 0. The molecule has 6 heteroatoms. The van der Waals surface area contributed by atoms with Crippen molar-refractivity contribution in [2.75, 3.05) is 18.0 Å². The van der Waals surface area contributed by atoms with Crippen LogP contribution in [0.4, 0.5) is 14.5 Å². The summed E-state index contributed by atoms with van der Waals surface area (Å²) in [5.74, 6) is -2.49. The van der Waals surface area contributed by atoms with Crippen LogP contribution >= 0.6 is 0 Å². The maximum atomic E-state index is 13.6. The molecule has 2 aromatic rings. The van der Waals surface area contributed by atoms with E-state index >= 15 is 0 Å². The molecule has 0 saturated carbocycles. The van der Waals surface area contributed by atoms with Crippen molar-refractivity contribution in [2.24, 2.45) is 0 Å². The second-order valence-electron chi connectivity index (χ2n) is 6.06. The zero-order valence-electron chi connectivity index (χ0n) is 15.1. The standard InChI is InChI=1S/C20H22F2N2O2/c1-4-24(18-11-13(2)5-6-14(18)3)19(25)9-10-23-20(26)16-8-7-15(21)12-17(16)22/h5-8,11-12H,4,9-10H2,1-3H3,(H,23,26). The first kappa shape index (κ1) is 19.6. The molecular weight excluding hydrogens is 338 g/mol. The SMILES string of the molecule is CCN(C(=O)CCNC(=O)c1ccc(F)cc1F)c1cc(C)ccc1C. The van der Waals surface area contributed by atoms with Crippen LogP contribution in [0.2, 0.25) is 0 Å². The maximum Gasteiger partial charge on any atom is 0.254 e. The topological polar surface area (TPSA) is 49.4 Å². The molecule has 0 fully saturated rings. The number of hydrogen-bond acceptors (Lipinski definition) is 2. The number of halogens is 2. The molecule has 0 heterocycles. The number of benzene rings is 2. The lowest BCUT2D eigenvalue weighted by Gasteiger charge is -2.23. The molecule has 2 aromatic carbocycles. The molecule has 0 aliphatic heterocycles. The van der Waals surface area contributed by atoms with Crippen LogP contribution in [0.15, 0.2) is 36.4 Å². The fraction of sp³-hybridized carbons (Fsp3) is 0.300. The van der Waals surface area contributed by atoms with E-state index in [1.54, 1.807) is 4.90 Å². The highest BCUT2D eigenvalue weighted by Crippen LogP contribution is 2.22.